The maximum atomic E-state index is 3.41. The van der Waals surface area contributed by atoms with Gasteiger partial charge in [0.25, 0.3) is 0 Å². The summed E-state index contributed by atoms with van der Waals surface area (Å²) >= 11 is 3.41. The van der Waals surface area contributed by atoms with Crippen LogP contribution in [0.4, 0.5) is 0 Å². The second-order valence-electron chi connectivity index (χ2n) is 2.23. The quantitative estimate of drug-likeness (QED) is 0.749. The van der Waals surface area contributed by atoms with Crippen molar-refractivity contribution in [1.82, 2.24) is 10.9 Å². The smallest absolute Gasteiger partial charge is 0.0351 e. The molecule has 1 rings (SSSR count). The van der Waals surface area contributed by atoms with E-state index in [1.807, 2.05) is 19.2 Å². The summed E-state index contributed by atoms with van der Waals surface area (Å²) in [5, 5.41) is 0. The molecule has 1 aromatic carbocycles. The summed E-state index contributed by atoms with van der Waals surface area (Å²) in [6, 6.07) is 8.21. The minimum Gasteiger partial charge on any atom is -0.261 e. The highest BCUT2D eigenvalue weighted by Crippen LogP contribution is 2.10. The molecule has 0 radical (unpaired) electrons. The normalized spacial score (nSPS) is 10.0. The summed E-state index contributed by atoms with van der Waals surface area (Å²) in [5.74, 6) is 0. The molecule has 2 nitrogen and oxygen atoms in total. The fourth-order valence-electron chi connectivity index (χ4n) is 0.837. The van der Waals surface area contributed by atoms with Crippen LogP contribution in [0.1, 0.15) is 5.56 Å². The van der Waals surface area contributed by atoms with Crippen LogP contribution in [-0.4, -0.2) is 7.05 Å². The summed E-state index contributed by atoms with van der Waals surface area (Å²) in [6.45, 7) is 0.843. The first-order valence-electron chi connectivity index (χ1n) is 3.47. The highest BCUT2D eigenvalue weighted by Gasteiger charge is 1.90. The van der Waals surface area contributed by atoms with E-state index in [4.69, 9.17) is 0 Å². The molecule has 0 bridgehead atoms. The molecule has 0 aromatic heterocycles. The first-order chi connectivity index (χ1) is 5.33. The van der Waals surface area contributed by atoms with Crippen LogP contribution in [0.15, 0.2) is 28.7 Å². The summed E-state index contributed by atoms with van der Waals surface area (Å²) in [5.41, 5.74) is 7.15. The van der Waals surface area contributed by atoms with E-state index in [1.54, 1.807) is 0 Å². The molecule has 0 fully saturated rings. The number of halogens is 1. The fraction of sp³-hybridized carbons (Fsp3) is 0.250. The lowest BCUT2D eigenvalue weighted by Gasteiger charge is -2.02. The van der Waals surface area contributed by atoms with Gasteiger partial charge in [-0.3, -0.25) is 10.9 Å². The van der Waals surface area contributed by atoms with Crippen molar-refractivity contribution in [3.05, 3.63) is 34.3 Å². The molecule has 0 spiro atoms. The molecule has 0 aliphatic heterocycles. The van der Waals surface area contributed by atoms with Crippen molar-refractivity contribution in [1.29, 1.82) is 0 Å². The fourth-order valence-corrected chi connectivity index (χ4v) is 1.28. The predicted molar refractivity (Wildman–Crippen MR) is 50.0 cm³/mol. The zero-order valence-corrected chi connectivity index (χ0v) is 7.98. The summed E-state index contributed by atoms with van der Waals surface area (Å²) < 4.78 is 1.12. The van der Waals surface area contributed by atoms with Gasteiger partial charge in [-0.1, -0.05) is 28.1 Å². The van der Waals surface area contributed by atoms with Crippen LogP contribution in [0.5, 0.6) is 0 Å². The SMILES string of the molecule is CNNCc1cccc(Br)c1. The molecule has 2 N–H and O–H groups in total. The second kappa shape index (κ2) is 4.49. The topological polar surface area (TPSA) is 24.1 Å². The van der Waals surface area contributed by atoms with Gasteiger partial charge >= 0.3 is 0 Å². The Morgan fingerprint density at radius 3 is 2.91 bits per heavy atom. The van der Waals surface area contributed by atoms with E-state index >= 15 is 0 Å². The third kappa shape index (κ3) is 3.01. The number of hydrogen-bond donors (Lipinski definition) is 2. The van der Waals surface area contributed by atoms with Gasteiger partial charge in [0.15, 0.2) is 0 Å². The van der Waals surface area contributed by atoms with Gasteiger partial charge in [0.2, 0.25) is 0 Å². The molecule has 0 amide bonds. The Labute approximate surface area is 75.1 Å². The Morgan fingerprint density at radius 2 is 2.27 bits per heavy atom. The first-order valence-corrected chi connectivity index (χ1v) is 4.26. The Bertz CT molecular complexity index is 225. The van der Waals surface area contributed by atoms with Gasteiger partial charge in [0.05, 0.1) is 0 Å². The second-order valence-corrected chi connectivity index (χ2v) is 3.15. The molecule has 11 heavy (non-hydrogen) atoms. The van der Waals surface area contributed by atoms with Crippen LogP contribution >= 0.6 is 15.9 Å². The van der Waals surface area contributed by atoms with Gasteiger partial charge in [0, 0.05) is 11.0 Å². The van der Waals surface area contributed by atoms with E-state index < -0.39 is 0 Å². The summed E-state index contributed by atoms with van der Waals surface area (Å²) in [7, 11) is 1.86. The van der Waals surface area contributed by atoms with Gasteiger partial charge in [-0.2, -0.15) is 0 Å². The molecule has 3 heteroatoms. The molecule has 0 saturated carbocycles. The number of nitrogens with one attached hydrogen (secondary N) is 2. The van der Waals surface area contributed by atoms with E-state index in [2.05, 4.69) is 38.9 Å². The van der Waals surface area contributed by atoms with Crippen molar-refractivity contribution < 1.29 is 0 Å². The number of rotatable bonds is 3. The summed E-state index contributed by atoms with van der Waals surface area (Å²) in [4.78, 5) is 0. The van der Waals surface area contributed by atoms with Crippen LogP contribution in [0, 0.1) is 0 Å². The molecule has 0 heterocycles. The standard InChI is InChI=1S/C8H11BrN2/c1-10-11-6-7-3-2-4-8(9)5-7/h2-5,10-11H,6H2,1H3. The van der Waals surface area contributed by atoms with Crippen molar-refractivity contribution in [2.45, 2.75) is 6.54 Å². The highest BCUT2D eigenvalue weighted by molar-refractivity contribution is 9.10. The van der Waals surface area contributed by atoms with Crippen LogP contribution in [-0.2, 0) is 6.54 Å². The van der Waals surface area contributed by atoms with Crippen LogP contribution < -0.4 is 10.9 Å². The Morgan fingerprint density at radius 1 is 1.45 bits per heavy atom. The van der Waals surface area contributed by atoms with Crippen LogP contribution in [0.25, 0.3) is 0 Å². The molecular formula is C8H11BrN2. The van der Waals surface area contributed by atoms with E-state index in [-0.39, 0.29) is 0 Å². The highest BCUT2D eigenvalue weighted by atomic mass is 79.9. The van der Waals surface area contributed by atoms with E-state index in [0.29, 0.717) is 0 Å². The molecule has 1 aromatic rings. The molecule has 0 unspecified atom stereocenters. The minimum atomic E-state index is 0.843. The monoisotopic (exact) mass is 214 g/mol. The lowest BCUT2D eigenvalue weighted by atomic mass is 10.2. The van der Waals surface area contributed by atoms with Gasteiger partial charge in [-0.05, 0) is 24.7 Å². The molecule has 0 aliphatic rings. The molecular weight excluding hydrogens is 204 g/mol. The van der Waals surface area contributed by atoms with Gasteiger partial charge < -0.3 is 0 Å². The van der Waals surface area contributed by atoms with Crippen molar-refractivity contribution >= 4 is 15.9 Å². The third-order valence-electron chi connectivity index (χ3n) is 1.36. The minimum absolute atomic E-state index is 0.843. The maximum Gasteiger partial charge on any atom is 0.0351 e. The molecule has 0 atom stereocenters. The van der Waals surface area contributed by atoms with Gasteiger partial charge in [-0.25, -0.2) is 0 Å². The number of hydrogen-bond acceptors (Lipinski definition) is 2. The lowest BCUT2D eigenvalue weighted by Crippen LogP contribution is -2.26. The predicted octanol–water partition coefficient (Wildman–Crippen LogP) is 1.67. The van der Waals surface area contributed by atoms with E-state index in [1.165, 1.54) is 5.56 Å². The largest absolute Gasteiger partial charge is 0.261 e. The van der Waals surface area contributed by atoms with Crippen molar-refractivity contribution in [2.24, 2.45) is 0 Å². The van der Waals surface area contributed by atoms with E-state index in [0.717, 1.165) is 11.0 Å². The van der Waals surface area contributed by atoms with Gasteiger partial charge in [0.1, 0.15) is 0 Å². The van der Waals surface area contributed by atoms with E-state index in [9.17, 15) is 0 Å². The van der Waals surface area contributed by atoms with Crippen molar-refractivity contribution in [3.8, 4) is 0 Å². The molecule has 0 saturated heterocycles. The van der Waals surface area contributed by atoms with Crippen molar-refractivity contribution in [3.63, 3.8) is 0 Å². The van der Waals surface area contributed by atoms with Gasteiger partial charge in [-0.15, -0.1) is 0 Å². The zero-order chi connectivity index (χ0) is 8.10. The van der Waals surface area contributed by atoms with Crippen molar-refractivity contribution in [2.75, 3.05) is 7.05 Å². The number of hydrazine groups is 1. The maximum absolute atomic E-state index is 3.41. The van der Waals surface area contributed by atoms with Crippen LogP contribution in [0.2, 0.25) is 0 Å². The zero-order valence-electron chi connectivity index (χ0n) is 6.39. The number of benzene rings is 1. The third-order valence-corrected chi connectivity index (χ3v) is 1.85. The summed E-state index contributed by atoms with van der Waals surface area (Å²) in [6.07, 6.45) is 0. The van der Waals surface area contributed by atoms with Crippen LogP contribution in [0.3, 0.4) is 0 Å². The average molecular weight is 215 g/mol. The lowest BCUT2D eigenvalue weighted by molar-refractivity contribution is 0.596. The first kappa shape index (κ1) is 8.71. The Hall–Kier alpha value is -0.380. The average Bonchev–Trinajstić information content (AvgIpc) is 2.01. The molecule has 0 aliphatic carbocycles. The Balaban J connectivity index is 2.56. The Kier molecular flexibility index (Phi) is 3.56. The molecule has 60 valence electrons.